The summed E-state index contributed by atoms with van der Waals surface area (Å²) < 4.78 is 13.7. The van der Waals surface area contributed by atoms with Crippen molar-refractivity contribution in [3.05, 3.63) is 54.7 Å². The molecule has 1 aliphatic heterocycles. The number of hydrogen-bond donors (Lipinski definition) is 0. The molecule has 0 radical (unpaired) electrons. The Morgan fingerprint density at radius 3 is 2.88 bits per heavy atom. The quantitative estimate of drug-likeness (QED) is 0.711. The van der Waals surface area contributed by atoms with Crippen molar-refractivity contribution in [2.45, 2.75) is 25.6 Å². The third kappa shape index (κ3) is 3.62. The zero-order chi connectivity index (χ0) is 17.1. The van der Waals surface area contributed by atoms with Crippen molar-refractivity contribution in [3.63, 3.8) is 0 Å². The molecular formula is C18H21N5O2. The summed E-state index contributed by atoms with van der Waals surface area (Å²) >= 11 is 0. The van der Waals surface area contributed by atoms with Gasteiger partial charge in [0.2, 0.25) is 11.8 Å². The van der Waals surface area contributed by atoms with E-state index in [4.69, 9.17) is 9.15 Å². The zero-order valence-corrected chi connectivity index (χ0v) is 14.2. The number of morpholine rings is 1. The molecule has 0 N–H and O–H groups in total. The Balaban J connectivity index is 1.43. The molecule has 2 atom stereocenters. The van der Waals surface area contributed by atoms with E-state index in [1.165, 1.54) is 0 Å². The first kappa shape index (κ1) is 16.0. The van der Waals surface area contributed by atoms with Gasteiger partial charge in [0.1, 0.15) is 0 Å². The summed E-state index contributed by atoms with van der Waals surface area (Å²) in [6.07, 6.45) is 3.84. The van der Waals surface area contributed by atoms with Gasteiger partial charge in [-0.3, -0.25) is 9.58 Å². The molecule has 7 nitrogen and oxygen atoms in total. The Kier molecular flexibility index (Phi) is 4.58. The van der Waals surface area contributed by atoms with Crippen LogP contribution in [0.3, 0.4) is 0 Å². The molecule has 2 aromatic heterocycles. The Morgan fingerprint density at radius 2 is 2.08 bits per heavy atom. The Morgan fingerprint density at radius 1 is 1.20 bits per heavy atom. The Bertz CT molecular complexity index is 787. The molecule has 0 amide bonds. The van der Waals surface area contributed by atoms with E-state index < -0.39 is 0 Å². The van der Waals surface area contributed by atoms with Crippen molar-refractivity contribution in [3.8, 4) is 11.5 Å². The Hall–Kier alpha value is -2.51. The SMILES string of the molecule is C[C@H](c1nnc(-c2ccccc2)o1)N1CCO[C@@H](Cn2cccn2)C1. The van der Waals surface area contributed by atoms with E-state index in [-0.39, 0.29) is 12.1 Å². The molecule has 25 heavy (non-hydrogen) atoms. The van der Waals surface area contributed by atoms with Crippen molar-refractivity contribution in [2.24, 2.45) is 0 Å². The fourth-order valence-corrected chi connectivity index (χ4v) is 3.08. The molecule has 0 unspecified atom stereocenters. The molecule has 0 aliphatic carbocycles. The molecule has 0 saturated carbocycles. The van der Waals surface area contributed by atoms with Crippen LogP contribution < -0.4 is 0 Å². The van der Waals surface area contributed by atoms with Gasteiger partial charge in [0.15, 0.2) is 0 Å². The first-order valence-corrected chi connectivity index (χ1v) is 8.51. The minimum atomic E-state index is 0.0500. The second kappa shape index (κ2) is 7.16. The summed E-state index contributed by atoms with van der Waals surface area (Å²) in [7, 11) is 0. The normalized spacial score (nSPS) is 19.8. The predicted molar refractivity (Wildman–Crippen MR) is 91.7 cm³/mol. The fraction of sp³-hybridized carbons (Fsp3) is 0.389. The van der Waals surface area contributed by atoms with Crippen molar-refractivity contribution in [1.29, 1.82) is 0 Å². The molecule has 0 spiro atoms. The molecule has 1 aliphatic rings. The van der Waals surface area contributed by atoms with Crippen LogP contribution in [0.25, 0.3) is 11.5 Å². The zero-order valence-electron chi connectivity index (χ0n) is 14.2. The van der Waals surface area contributed by atoms with Gasteiger partial charge in [-0.1, -0.05) is 18.2 Å². The van der Waals surface area contributed by atoms with Crippen LogP contribution >= 0.6 is 0 Å². The first-order chi connectivity index (χ1) is 12.3. The van der Waals surface area contributed by atoms with Gasteiger partial charge in [-0.25, -0.2) is 0 Å². The fourth-order valence-electron chi connectivity index (χ4n) is 3.08. The average molecular weight is 339 g/mol. The van der Waals surface area contributed by atoms with E-state index in [0.29, 0.717) is 18.4 Å². The number of benzene rings is 1. The lowest BCUT2D eigenvalue weighted by Crippen LogP contribution is -2.45. The third-order valence-electron chi connectivity index (χ3n) is 4.49. The van der Waals surface area contributed by atoms with Crippen molar-refractivity contribution < 1.29 is 9.15 Å². The highest BCUT2D eigenvalue weighted by Crippen LogP contribution is 2.25. The molecule has 4 rings (SSSR count). The maximum atomic E-state index is 5.90. The van der Waals surface area contributed by atoms with Gasteiger partial charge < -0.3 is 9.15 Å². The molecule has 1 aromatic carbocycles. The molecular weight excluding hydrogens is 318 g/mol. The van der Waals surface area contributed by atoms with Gasteiger partial charge in [-0.15, -0.1) is 10.2 Å². The van der Waals surface area contributed by atoms with Crippen LogP contribution in [-0.2, 0) is 11.3 Å². The van der Waals surface area contributed by atoms with Crippen LogP contribution in [0.1, 0.15) is 18.9 Å². The topological polar surface area (TPSA) is 69.2 Å². The van der Waals surface area contributed by atoms with E-state index in [9.17, 15) is 0 Å². The molecule has 1 saturated heterocycles. The molecule has 130 valence electrons. The van der Waals surface area contributed by atoms with E-state index in [1.54, 1.807) is 6.20 Å². The maximum Gasteiger partial charge on any atom is 0.247 e. The smallest absolute Gasteiger partial charge is 0.247 e. The molecule has 3 aromatic rings. The van der Waals surface area contributed by atoms with Gasteiger partial charge in [0.05, 0.1) is 25.3 Å². The van der Waals surface area contributed by atoms with Crippen LogP contribution in [-0.4, -0.2) is 50.7 Å². The molecule has 1 fully saturated rings. The minimum Gasteiger partial charge on any atom is -0.419 e. The minimum absolute atomic E-state index is 0.0500. The van der Waals surface area contributed by atoms with Gasteiger partial charge in [-0.05, 0) is 25.1 Å². The summed E-state index contributed by atoms with van der Waals surface area (Å²) in [5.41, 5.74) is 0.937. The van der Waals surface area contributed by atoms with Crippen molar-refractivity contribution >= 4 is 0 Å². The summed E-state index contributed by atoms with van der Waals surface area (Å²) in [4.78, 5) is 2.32. The Labute approximate surface area is 146 Å². The highest BCUT2D eigenvalue weighted by atomic mass is 16.5. The summed E-state index contributed by atoms with van der Waals surface area (Å²) in [6, 6.07) is 11.8. The first-order valence-electron chi connectivity index (χ1n) is 8.51. The lowest BCUT2D eigenvalue weighted by Gasteiger charge is -2.35. The van der Waals surface area contributed by atoms with Gasteiger partial charge >= 0.3 is 0 Å². The number of aromatic nitrogens is 4. The summed E-state index contributed by atoms with van der Waals surface area (Å²) in [5.74, 6) is 1.20. The predicted octanol–water partition coefficient (Wildman–Crippen LogP) is 2.40. The van der Waals surface area contributed by atoms with Crippen LogP contribution in [0.4, 0.5) is 0 Å². The van der Waals surface area contributed by atoms with E-state index in [2.05, 4.69) is 27.1 Å². The largest absolute Gasteiger partial charge is 0.419 e. The standard InChI is InChI=1S/C18H21N5O2/c1-14(17-20-21-18(25-17)15-6-3-2-4-7-15)22-10-11-24-16(12-22)13-23-9-5-8-19-23/h2-9,14,16H,10-13H2,1H3/t14-,16-/m1/s1. The lowest BCUT2D eigenvalue weighted by atomic mass is 10.2. The molecule has 0 bridgehead atoms. The number of nitrogens with zero attached hydrogens (tertiary/aromatic N) is 5. The van der Waals surface area contributed by atoms with E-state index in [1.807, 2.05) is 47.3 Å². The third-order valence-corrected chi connectivity index (χ3v) is 4.49. The summed E-state index contributed by atoms with van der Waals surface area (Å²) in [6.45, 7) is 5.19. The second-order valence-corrected chi connectivity index (χ2v) is 6.20. The van der Waals surface area contributed by atoms with E-state index >= 15 is 0 Å². The highest BCUT2D eigenvalue weighted by molar-refractivity contribution is 5.51. The van der Waals surface area contributed by atoms with Gasteiger partial charge in [0, 0.05) is 31.0 Å². The second-order valence-electron chi connectivity index (χ2n) is 6.20. The number of ether oxygens (including phenoxy) is 1. The number of rotatable bonds is 5. The molecule has 7 heteroatoms. The van der Waals surface area contributed by atoms with Crippen LogP contribution in [0.2, 0.25) is 0 Å². The average Bonchev–Trinajstić information content (AvgIpc) is 3.34. The van der Waals surface area contributed by atoms with Crippen LogP contribution in [0.15, 0.2) is 53.2 Å². The lowest BCUT2D eigenvalue weighted by molar-refractivity contribution is -0.0526. The number of hydrogen-bond acceptors (Lipinski definition) is 6. The van der Waals surface area contributed by atoms with Crippen LogP contribution in [0.5, 0.6) is 0 Å². The molecule has 3 heterocycles. The maximum absolute atomic E-state index is 5.90. The van der Waals surface area contributed by atoms with Gasteiger partial charge in [-0.2, -0.15) is 5.10 Å². The van der Waals surface area contributed by atoms with Crippen molar-refractivity contribution in [2.75, 3.05) is 19.7 Å². The van der Waals surface area contributed by atoms with Crippen LogP contribution in [0, 0.1) is 0 Å². The van der Waals surface area contributed by atoms with E-state index in [0.717, 1.165) is 25.2 Å². The summed E-state index contributed by atoms with van der Waals surface area (Å²) in [5, 5.41) is 12.7. The van der Waals surface area contributed by atoms with Crippen molar-refractivity contribution in [1.82, 2.24) is 24.9 Å². The van der Waals surface area contributed by atoms with Gasteiger partial charge in [0.25, 0.3) is 0 Å². The monoisotopic (exact) mass is 339 g/mol. The highest BCUT2D eigenvalue weighted by Gasteiger charge is 2.28.